The van der Waals surface area contributed by atoms with E-state index in [0.717, 1.165) is 31.4 Å². The van der Waals surface area contributed by atoms with Crippen molar-refractivity contribution in [2.75, 3.05) is 7.11 Å². The molecule has 0 bridgehead atoms. The van der Waals surface area contributed by atoms with Crippen LogP contribution in [0.5, 0.6) is 5.88 Å². The van der Waals surface area contributed by atoms with Gasteiger partial charge in [0.2, 0.25) is 5.88 Å². The van der Waals surface area contributed by atoms with Gasteiger partial charge >= 0.3 is 0 Å². The van der Waals surface area contributed by atoms with Crippen molar-refractivity contribution in [3.63, 3.8) is 0 Å². The lowest BCUT2D eigenvalue weighted by molar-refractivity contribution is 0.367. The van der Waals surface area contributed by atoms with Gasteiger partial charge in [0.15, 0.2) is 5.82 Å². The molecular formula is C11H15FN2O. The summed E-state index contributed by atoms with van der Waals surface area (Å²) in [6.45, 7) is 0. The van der Waals surface area contributed by atoms with Gasteiger partial charge in [-0.25, -0.2) is 9.37 Å². The molecule has 0 radical (unpaired) electrons. The van der Waals surface area contributed by atoms with Crippen molar-refractivity contribution >= 4 is 0 Å². The molecule has 2 rings (SSSR count). The Morgan fingerprint density at radius 2 is 2.27 bits per heavy atom. The van der Waals surface area contributed by atoms with Crippen molar-refractivity contribution in [2.45, 2.75) is 31.2 Å². The second kappa shape index (κ2) is 3.77. The lowest BCUT2D eigenvalue weighted by atomic mass is 10.1. The fourth-order valence-corrected chi connectivity index (χ4v) is 1.53. The predicted molar refractivity (Wildman–Crippen MR) is 55.2 cm³/mol. The lowest BCUT2D eigenvalue weighted by Crippen LogP contribution is -2.22. The molecule has 0 aliphatic heterocycles. The van der Waals surface area contributed by atoms with Crippen LogP contribution in [0.2, 0.25) is 0 Å². The number of ether oxygens (including phenoxy) is 1. The number of rotatable bonds is 4. The minimum atomic E-state index is -0.421. The van der Waals surface area contributed by atoms with E-state index in [0.29, 0.717) is 0 Å². The van der Waals surface area contributed by atoms with Gasteiger partial charge in [-0.1, -0.05) is 0 Å². The van der Waals surface area contributed by atoms with Gasteiger partial charge in [0.1, 0.15) is 0 Å². The molecule has 82 valence electrons. The van der Waals surface area contributed by atoms with E-state index in [1.54, 1.807) is 6.07 Å². The van der Waals surface area contributed by atoms with Gasteiger partial charge < -0.3 is 10.5 Å². The van der Waals surface area contributed by atoms with Gasteiger partial charge in [-0.05, 0) is 37.8 Å². The number of hydrogen-bond acceptors (Lipinski definition) is 3. The summed E-state index contributed by atoms with van der Waals surface area (Å²) in [5.74, 6) is -0.357. The summed E-state index contributed by atoms with van der Waals surface area (Å²) in [6, 6.07) is 3.07. The summed E-state index contributed by atoms with van der Waals surface area (Å²) in [6.07, 6.45) is 3.87. The minimum Gasteiger partial charge on any atom is -0.479 e. The molecule has 2 N–H and O–H groups in total. The molecule has 0 aromatic carbocycles. The number of aryl methyl sites for hydroxylation is 1. The van der Waals surface area contributed by atoms with Crippen molar-refractivity contribution in [1.29, 1.82) is 0 Å². The van der Waals surface area contributed by atoms with Crippen molar-refractivity contribution < 1.29 is 9.13 Å². The quantitative estimate of drug-likeness (QED) is 0.822. The first-order valence-corrected chi connectivity index (χ1v) is 5.11. The third-order valence-corrected chi connectivity index (χ3v) is 2.84. The first-order valence-electron chi connectivity index (χ1n) is 5.11. The van der Waals surface area contributed by atoms with Gasteiger partial charge in [0.25, 0.3) is 0 Å². The van der Waals surface area contributed by atoms with Gasteiger partial charge in [-0.3, -0.25) is 0 Å². The average molecular weight is 210 g/mol. The van der Waals surface area contributed by atoms with Crippen LogP contribution < -0.4 is 10.5 Å². The number of aromatic nitrogens is 1. The van der Waals surface area contributed by atoms with Crippen LogP contribution in [0.15, 0.2) is 12.1 Å². The zero-order valence-corrected chi connectivity index (χ0v) is 8.79. The van der Waals surface area contributed by atoms with Crippen molar-refractivity contribution in [3.8, 4) is 5.88 Å². The van der Waals surface area contributed by atoms with Crippen molar-refractivity contribution in [1.82, 2.24) is 4.98 Å². The summed E-state index contributed by atoms with van der Waals surface area (Å²) in [5.41, 5.74) is 6.82. The zero-order chi connectivity index (χ0) is 10.9. The van der Waals surface area contributed by atoms with Crippen LogP contribution in [0.1, 0.15) is 25.0 Å². The van der Waals surface area contributed by atoms with Gasteiger partial charge in [0.05, 0.1) is 7.11 Å². The summed E-state index contributed by atoms with van der Waals surface area (Å²) in [5, 5.41) is 0. The van der Waals surface area contributed by atoms with E-state index in [2.05, 4.69) is 4.98 Å². The molecule has 0 saturated heterocycles. The van der Waals surface area contributed by atoms with E-state index >= 15 is 0 Å². The molecule has 4 heteroatoms. The van der Waals surface area contributed by atoms with Crippen LogP contribution in [-0.4, -0.2) is 17.6 Å². The highest BCUT2D eigenvalue weighted by Gasteiger charge is 2.37. The van der Waals surface area contributed by atoms with Crippen LogP contribution in [-0.2, 0) is 6.42 Å². The SMILES string of the molecule is COc1nc(CCC2(N)CC2)ccc1F. The van der Waals surface area contributed by atoms with E-state index in [9.17, 15) is 4.39 Å². The summed E-state index contributed by atoms with van der Waals surface area (Å²) < 4.78 is 17.9. The molecule has 1 aliphatic rings. The highest BCUT2D eigenvalue weighted by Crippen LogP contribution is 2.36. The summed E-state index contributed by atoms with van der Waals surface area (Å²) in [4.78, 5) is 4.07. The first-order chi connectivity index (χ1) is 7.13. The molecule has 1 aromatic heterocycles. The van der Waals surface area contributed by atoms with Crippen LogP contribution in [0.25, 0.3) is 0 Å². The number of pyridine rings is 1. The fraction of sp³-hybridized carbons (Fsp3) is 0.545. The number of nitrogens with two attached hydrogens (primary N) is 1. The van der Waals surface area contributed by atoms with Crippen molar-refractivity contribution in [3.05, 3.63) is 23.6 Å². The Hall–Kier alpha value is -1.16. The van der Waals surface area contributed by atoms with E-state index in [1.807, 2.05) is 0 Å². The highest BCUT2D eigenvalue weighted by molar-refractivity contribution is 5.19. The molecule has 3 nitrogen and oxygen atoms in total. The molecule has 0 unspecified atom stereocenters. The van der Waals surface area contributed by atoms with E-state index in [1.165, 1.54) is 13.2 Å². The molecule has 1 saturated carbocycles. The third kappa shape index (κ3) is 2.45. The third-order valence-electron chi connectivity index (χ3n) is 2.84. The molecule has 0 amide bonds. The predicted octanol–water partition coefficient (Wildman–Crippen LogP) is 1.65. The monoisotopic (exact) mass is 210 g/mol. The maximum atomic E-state index is 13.0. The topological polar surface area (TPSA) is 48.1 Å². The van der Waals surface area contributed by atoms with Gasteiger partial charge in [-0.15, -0.1) is 0 Å². The lowest BCUT2D eigenvalue weighted by Gasteiger charge is -2.08. The highest BCUT2D eigenvalue weighted by atomic mass is 19.1. The van der Waals surface area contributed by atoms with Crippen LogP contribution >= 0.6 is 0 Å². The van der Waals surface area contributed by atoms with Crippen LogP contribution in [0.3, 0.4) is 0 Å². The van der Waals surface area contributed by atoms with E-state index < -0.39 is 5.82 Å². The number of methoxy groups -OCH3 is 1. The Bertz CT molecular complexity index is 364. The molecule has 1 heterocycles. The van der Waals surface area contributed by atoms with Gasteiger partial charge in [-0.2, -0.15) is 0 Å². The van der Waals surface area contributed by atoms with Crippen LogP contribution in [0, 0.1) is 5.82 Å². The normalized spacial score (nSPS) is 17.5. The maximum Gasteiger partial charge on any atom is 0.250 e. The van der Waals surface area contributed by atoms with E-state index in [-0.39, 0.29) is 11.4 Å². The number of halogens is 1. The molecule has 0 spiro atoms. The first kappa shape index (κ1) is 10.4. The average Bonchev–Trinajstić information content (AvgIpc) is 2.96. The molecule has 1 fully saturated rings. The van der Waals surface area contributed by atoms with Crippen molar-refractivity contribution in [2.24, 2.45) is 5.73 Å². The smallest absolute Gasteiger partial charge is 0.250 e. The summed E-state index contributed by atoms with van der Waals surface area (Å²) in [7, 11) is 1.42. The van der Waals surface area contributed by atoms with E-state index in [4.69, 9.17) is 10.5 Å². The Morgan fingerprint density at radius 1 is 1.53 bits per heavy atom. The Labute approximate surface area is 88.5 Å². The molecular weight excluding hydrogens is 195 g/mol. The molecule has 15 heavy (non-hydrogen) atoms. The second-order valence-electron chi connectivity index (χ2n) is 4.16. The second-order valence-corrected chi connectivity index (χ2v) is 4.16. The molecule has 1 aliphatic carbocycles. The Kier molecular flexibility index (Phi) is 2.61. The number of nitrogens with zero attached hydrogens (tertiary/aromatic N) is 1. The summed E-state index contributed by atoms with van der Waals surface area (Å²) >= 11 is 0. The largest absolute Gasteiger partial charge is 0.479 e. The zero-order valence-electron chi connectivity index (χ0n) is 8.79. The van der Waals surface area contributed by atoms with Gasteiger partial charge in [0, 0.05) is 11.2 Å². The standard InChI is InChI=1S/C11H15FN2O/c1-15-10-9(12)3-2-8(14-10)4-5-11(13)6-7-11/h2-3H,4-7,13H2,1H3. The fourth-order valence-electron chi connectivity index (χ4n) is 1.53. The Morgan fingerprint density at radius 3 is 2.87 bits per heavy atom. The minimum absolute atomic E-state index is 0.0172. The Balaban J connectivity index is 2.01. The van der Waals surface area contributed by atoms with Crippen LogP contribution in [0.4, 0.5) is 4.39 Å². The number of hydrogen-bond donors (Lipinski definition) is 1. The molecule has 1 aromatic rings. The molecule has 0 atom stereocenters. The maximum absolute atomic E-state index is 13.0.